The van der Waals surface area contributed by atoms with Crippen LogP contribution < -0.4 is 5.32 Å². The van der Waals surface area contributed by atoms with E-state index in [0.29, 0.717) is 10.0 Å². The fraction of sp³-hybridized carbons (Fsp3) is 0.308. The first kappa shape index (κ1) is 12.2. The predicted octanol–water partition coefficient (Wildman–Crippen LogP) is 2.99. The summed E-state index contributed by atoms with van der Waals surface area (Å²) in [4.78, 5) is 11.9. The quantitative estimate of drug-likeness (QED) is 0.824. The van der Waals surface area contributed by atoms with Crippen LogP contribution >= 0.6 is 15.9 Å². The summed E-state index contributed by atoms with van der Waals surface area (Å²) in [5.41, 5.74) is 0.486. The molecule has 0 aromatic heterocycles. The second kappa shape index (κ2) is 5.36. The molecule has 0 aliphatic heterocycles. The number of amides is 1. The molecule has 1 aliphatic carbocycles. The first-order valence-electron chi connectivity index (χ1n) is 5.61. The number of nitrogens with one attached hydrogen (secondary N) is 1. The second-order valence-corrected chi connectivity index (χ2v) is 4.98. The molecular formula is C13H14BrNO2. The van der Waals surface area contributed by atoms with Crippen LogP contribution in [0.1, 0.15) is 29.6 Å². The molecule has 1 aliphatic rings. The molecule has 0 bridgehead atoms. The Hall–Kier alpha value is -1.29. The number of hydrogen-bond acceptors (Lipinski definition) is 2. The third-order valence-electron chi connectivity index (χ3n) is 2.81. The summed E-state index contributed by atoms with van der Waals surface area (Å²) in [6, 6.07) is 5.04. The molecule has 1 atom stereocenters. The molecule has 0 saturated carbocycles. The molecule has 0 radical (unpaired) electrons. The molecule has 2 N–H and O–H groups in total. The van der Waals surface area contributed by atoms with Gasteiger partial charge < -0.3 is 10.4 Å². The lowest BCUT2D eigenvalue weighted by atomic mass is 10.0. The Morgan fingerprint density at radius 2 is 2.24 bits per heavy atom. The number of phenols is 1. The van der Waals surface area contributed by atoms with E-state index >= 15 is 0 Å². The van der Waals surface area contributed by atoms with Gasteiger partial charge in [0.05, 0.1) is 4.47 Å². The van der Waals surface area contributed by atoms with Crippen LogP contribution in [0.2, 0.25) is 0 Å². The molecule has 1 aromatic rings. The van der Waals surface area contributed by atoms with Crippen molar-refractivity contribution in [3.05, 3.63) is 40.4 Å². The van der Waals surface area contributed by atoms with Crippen LogP contribution in [0.3, 0.4) is 0 Å². The Balaban J connectivity index is 2.03. The Bertz CT molecular complexity index is 457. The molecule has 0 saturated heterocycles. The molecule has 1 amide bonds. The number of allylic oxidation sites excluding steroid dienone is 1. The van der Waals surface area contributed by atoms with Crippen LogP contribution in [0.5, 0.6) is 5.75 Å². The summed E-state index contributed by atoms with van der Waals surface area (Å²) in [6.45, 7) is 0. The van der Waals surface area contributed by atoms with Crippen LogP contribution in [0.25, 0.3) is 0 Å². The van der Waals surface area contributed by atoms with Gasteiger partial charge in [-0.3, -0.25) is 4.79 Å². The smallest absolute Gasteiger partial charge is 0.251 e. The number of carbonyl (C=O) groups is 1. The van der Waals surface area contributed by atoms with Gasteiger partial charge in [-0.15, -0.1) is 0 Å². The van der Waals surface area contributed by atoms with E-state index in [9.17, 15) is 9.90 Å². The number of benzene rings is 1. The maximum absolute atomic E-state index is 11.9. The van der Waals surface area contributed by atoms with Crippen LogP contribution in [-0.4, -0.2) is 17.1 Å². The minimum Gasteiger partial charge on any atom is -0.507 e. The van der Waals surface area contributed by atoms with Crippen molar-refractivity contribution < 1.29 is 9.90 Å². The first-order valence-corrected chi connectivity index (χ1v) is 6.40. The van der Waals surface area contributed by atoms with E-state index in [1.165, 1.54) is 6.07 Å². The highest BCUT2D eigenvalue weighted by atomic mass is 79.9. The number of rotatable bonds is 2. The van der Waals surface area contributed by atoms with Gasteiger partial charge in [0, 0.05) is 11.6 Å². The van der Waals surface area contributed by atoms with Crippen LogP contribution in [0.15, 0.2) is 34.8 Å². The lowest BCUT2D eigenvalue weighted by Crippen LogP contribution is -2.35. The Morgan fingerprint density at radius 1 is 1.41 bits per heavy atom. The van der Waals surface area contributed by atoms with E-state index in [-0.39, 0.29) is 17.7 Å². The van der Waals surface area contributed by atoms with Crippen molar-refractivity contribution in [3.63, 3.8) is 0 Å². The second-order valence-electron chi connectivity index (χ2n) is 4.12. The largest absolute Gasteiger partial charge is 0.507 e. The average molecular weight is 296 g/mol. The van der Waals surface area contributed by atoms with Gasteiger partial charge in [-0.05, 0) is 53.4 Å². The zero-order valence-corrected chi connectivity index (χ0v) is 10.9. The summed E-state index contributed by atoms with van der Waals surface area (Å²) in [5.74, 6) is -0.0470. The van der Waals surface area contributed by atoms with Gasteiger partial charge in [0.15, 0.2) is 0 Å². The number of aromatic hydroxyl groups is 1. The molecule has 0 spiro atoms. The lowest BCUT2D eigenvalue weighted by Gasteiger charge is -2.19. The third kappa shape index (κ3) is 3.09. The minimum atomic E-state index is -0.131. The average Bonchev–Trinajstić information content (AvgIpc) is 2.34. The van der Waals surface area contributed by atoms with E-state index in [1.807, 2.05) is 0 Å². The Morgan fingerprint density at radius 3 is 2.88 bits per heavy atom. The van der Waals surface area contributed by atoms with Crippen molar-refractivity contribution in [1.29, 1.82) is 0 Å². The van der Waals surface area contributed by atoms with Crippen molar-refractivity contribution in [3.8, 4) is 5.75 Å². The van der Waals surface area contributed by atoms with Crippen LogP contribution in [-0.2, 0) is 0 Å². The highest BCUT2D eigenvalue weighted by molar-refractivity contribution is 9.10. The van der Waals surface area contributed by atoms with Crippen LogP contribution in [0, 0.1) is 0 Å². The number of hydrogen-bond donors (Lipinski definition) is 2. The number of carbonyl (C=O) groups excluding carboxylic acids is 1. The molecule has 4 heteroatoms. The van der Waals surface area contributed by atoms with Crippen molar-refractivity contribution >= 4 is 21.8 Å². The fourth-order valence-corrected chi connectivity index (χ4v) is 2.09. The molecule has 1 aromatic carbocycles. The molecule has 17 heavy (non-hydrogen) atoms. The summed E-state index contributed by atoms with van der Waals surface area (Å²) in [7, 11) is 0. The number of phenolic OH excluding ortho intramolecular Hbond substituents is 1. The molecule has 1 unspecified atom stereocenters. The minimum absolute atomic E-state index is 0.0844. The summed E-state index contributed by atoms with van der Waals surface area (Å²) in [6.07, 6.45) is 7.09. The van der Waals surface area contributed by atoms with Gasteiger partial charge in [0.2, 0.25) is 0 Å². The van der Waals surface area contributed by atoms with Gasteiger partial charge in [-0.1, -0.05) is 12.2 Å². The molecule has 0 fully saturated rings. The van der Waals surface area contributed by atoms with Gasteiger partial charge in [0.1, 0.15) is 5.75 Å². The molecule has 3 nitrogen and oxygen atoms in total. The third-order valence-corrected chi connectivity index (χ3v) is 3.48. The Kier molecular flexibility index (Phi) is 3.84. The zero-order valence-electron chi connectivity index (χ0n) is 9.32. The standard InChI is InChI=1S/C13H14BrNO2/c14-11-7-6-9(8-12(11)16)13(17)15-10-4-2-1-3-5-10/h1-2,6-8,10,16H,3-5H2,(H,15,17). The number of halogens is 1. The van der Waals surface area contributed by atoms with E-state index < -0.39 is 0 Å². The molecule has 90 valence electrons. The highest BCUT2D eigenvalue weighted by Crippen LogP contribution is 2.24. The molecule has 0 heterocycles. The molecular weight excluding hydrogens is 282 g/mol. The topological polar surface area (TPSA) is 49.3 Å². The van der Waals surface area contributed by atoms with Crippen molar-refractivity contribution in [1.82, 2.24) is 5.32 Å². The maximum Gasteiger partial charge on any atom is 0.251 e. The van der Waals surface area contributed by atoms with Crippen molar-refractivity contribution in [2.24, 2.45) is 0 Å². The zero-order chi connectivity index (χ0) is 12.3. The van der Waals surface area contributed by atoms with Gasteiger partial charge in [-0.2, -0.15) is 0 Å². The van der Waals surface area contributed by atoms with Gasteiger partial charge in [0.25, 0.3) is 5.91 Å². The van der Waals surface area contributed by atoms with E-state index in [0.717, 1.165) is 19.3 Å². The first-order chi connectivity index (χ1) is 8.16. The monoisotopic (exact) mass is 295 g/mol. The summed E-state index contributed by atoms with van der Waals surface area (Å²) in [5, 5.41) is 12.5. The van der Waals surface area contributed by atoms with Gasteiger partial charge >= 0.3 is 0 Å². The van der Waals surface area contributed by atoms with Crippen molar-refractivity contribution in [2.75, 3.05) is 0 Å². The van der Waals surface area contributed by atoms with Crippen molar-refractivity contribution in [2.45, 2.75) is 25.3 Å². The molecule has 2 rings (SSSR count). The normalized spacial score (nSPS) is 19.0. The summed E-state index contributed by atoms with van der Waals surface area (Å²) < 4.78 is 0.592. The highest BCUT2D eigenvalue weighted by Gasteiger charge is 2.14. The Labute approximate surface area is 109 Å². The van der Waals surface area contributed by atoms with Crippen LogP contribution in [0.4, 0.5) is 0 Å². The van der Waals surface area contributed by atoms with E-state index in [4.69, 9.17) is 0 Å². The fourth-order valence-electron chi connectivity index (χ4n) is 1.85. The SMILES string of the molecule is O=C(NC1CC=CCC1)c1ccc(Br)c(O)c1. The van der Waals surface area contributed by atoms with Gasteiger partial charge in [-0.25, -0.2) is 0 Å². The van der Waals surface area contributed by atoms with E-state index in [1.54, 1.807) is 12.1 Å². The maximum atomic E-state index is 11.9. The summed E-state index contributed by atoms with van der Waals surface area (Å²) >= 11 is 3.19. The lowest BCUT2D eigenvalue weighted by molar-refractivity contribution is 0.0934. The predicted molar refractivity (Wildman–Crippen MR) is 70.1 cm³/mol. The van der Waals surface area contributed by atoms with E-state index in [2.05, 4.69) is 33.4 Å².